The molecule has 2 rings (SSSR count). The maximum Gasteiger partial charge on any atom is 0.337 e. The molecule has 0 radical (unpaired) electrons. The number of carbonyl (C=O) groups is 1. The maximum absolute atomic E-state index is 13.3. The van der Waals surface area contributed by atoms with Gasteiger partial charge >= 0.3 is 5.97 Å². The molecule has 0 saturated carbocycles. The predicted octanol–water partition coefficient (Wildman–Crippen LogP) is 3.46. The number of halogens is 1. The number of carboxylic acids is 1. The van der Waals surface area contributed by atoms with Crippen molar-refractivity contribution in [3.05, 3.63) is 53.1 Å². The monoisotopic (exact) mass is 259 g/mol. The summed E-state index contributed by atoms with van der Waals surface area (Å²) in [4.78, 5) is 15.5. The molecule has 0 aliphatic heterocycles. The fourth-order valence-corrected chi connectivity index (χ4v) is 2.06. The van der Waals surface area contributed by atoms with E-state index >= 15 is 0 Å². The molecule has 2 aromatic rings. The number of nitrogens with zero attached hydrogens (tertiary/aromatic N) is 1. The van der Waals surface area contributed by atoms with Gasteiger partial charge in [-0.15, -0.1) is 0 Å². The van der Waals surface area contributed by atoms with Gasteiger partial charge in [-0.1, -0.05) is 19.1 Å². The summed E-state index contributed by atoms with van der Waals surface area (Å²) in [5.41, 5.74) is 2.70. The van der Waals surface area contributed by atoms with Gasteiger partial charge in [0.2, 0.25) is 0 Å². The first kappa shape index (κ1) is 13.2. The third-order valence-corrected chi connectivity index (χ3v) is 2.99. The van der Waals surface area contributed by atoms with E-state index in [2.05, 4.69) is 4.98 Å². The number of hydrogen-bond acceptors (Lipinski definition) is 2. The Morgan fingerprint density at radius 2 is 2.11 bits per heavy atom. The van der Waals surface area contributed by atoms with Crippen LogP contribution in [0.25, 0.3) is 11.1 Å². The highest BCUT2D eigenvalue weighted by Gasteiger charge is 2.14. The Balaban J connectivity index is 2.64. The van der Waals surface area contributed by atoms with Crippen molar-refractivity contribution in [2.24, 2.45) is 0 Å². The van der Waals surface area contributed by atoms with Crippen molar-refractivity contribution in [3.8, 4) is 11.1 Å². The van der Waals surface area contributed by atoms with E-state index in [1.165, 1.54) is 12.1 Å². The fourth-order valence-electron chi connectivity index (χ4n) is 2.06. The lowest BCUT2D eigenvalue weighted by atomic mass is 10.00. The molecule has 0 atom stereocenters. The highest BCUT2D eigenvalue weighted by molar-refractivity contribution is 5.91. The van der Waals surface area contributed by atoms with Gasteiger partial charge in [0.25, 0.3) is 0 Å². The molecule has 0 aliphatic carbocycles. The minimum atomic E-state index is -1.01. The molecule has 0 amide bonds. The maximum atomic E-state index is 13.3. The molecular weight excluding hydrogens is 245 g/mol. The lowest BCUT2D eigenvalue weighted by Crippen LogP contribution is -2.06. The van der Waals surface area contributed by atoms with Crippen molar-refractivity contribution < 1.29 is 14.3 Å². The third kappa shape index (κ3) is 2.62. The second-order valence-corrected chi connectivity index (χ2v) is 4.28. The summed E-state index contributed by atoms with van der Waals surface area (Å²) in [6.45, 7) is 3.65. The van der Waals surface area contributed by atoms with Crippen molar-refractivity contribution in [1.29, 1.82) is 0 Å². The predicted molar refractivity (Wildman–Crippen MR) is 70.7 cm³/mol. The first-order valence-electron chi connectivity index (χ1n) is 6.02. The number of hydrogen-bond donors (Lipinski definition) is 1. The molecule has 0 aliphatic rings. The van der Waals surface area contributed by atoms with E-state index in [9.17, 15) is 14.3 Å². The van der Waals surface area contributed by atoms with Crippen molar-refractivity contribution in [3.63, 3.8) is 0 Å². The van der Waals surface area contributed by atoms with Crippen molar-refractivity contribution in [2.45, 2.75) is 20.3 Å². The largest absolute Gasteiger partial charge is 0.478 e. The Morgan fingerprint density at radius 3 is 2.68 bits per heavy atom. The minimum absolute atomic E-state index is 0.173. The molecule has 1 N–H and O–H groups in total. The summed E-state index contributed by atoms with van der Waals surface area (Å²) in [5.74, 6) is -1.37. The van der Waals surface area contributed by atoms with E-state index in [1.54, 1.807) is 25.1 Å². The highest BCUT2D eigenvalue weighted by Crippen LogP contribution is 2.25. The van der Waals surface area contributed by atoms with Gasteiger partial charge in [-0.05, 0) is 37.1 Å². The molecule has 0 spiro atoms. The van der Waals surface area contributed by atoms with Crippen LogP contribution in [-0.4, -0.2) is 16.1 Å². The molecule has 0 saturated heterocycles. The number of benzene rings is 1. The number of carboxylic acid groups (broad SMARTS) is 1. The lowest BCUT2D eigenvalue weighted by Gasteiger charge is -2.10. The van der Waals surface area contributed by atoms with Gasteiger partial charge in [0.1, 0.15) is 5.82 Å². The lowest BCUT2D eigenvalue weighted by molar-refractivity contribution is 0.0695. The Kier molecular flexibility index (Phi) is 3.60. The summed E-state index contributed by atoms with van der Waals surface area (Å²) in [6, 6.07) is 7.63. The minimum Gasteiger partial charge on any atom is -0.478 e. The van der Waals surface area contributed by atoms with Crippen LogP contribution >= 0.6 is 0 Å². The fraction of sp³-hybridized carbons (Fsp3) is 0.200. The first-order valence-corrected chi connectivity index (χ1v) is 6.02. The van der Waals surface area contributed by atoms with Gasteiger partial charge in [0.05, 0.1) is 11.3 Å². The first-order chi connectivity index (χ1) is 9.02. The summed E-state index contributed by atoms with van der Waals surface area (Å²) in [5, 5.41) is 9.20. The van der Waals surface area contributed by atoms with Gasteiger partial charge in [-0.25, -0.2) is 9.18 Å². The van der Waals surface area contributed by atoms with Gasteiger partial charge in [-0.3, -0.25) is 4.98 Å². The standard InChI is InChI=1S/C15H14FNO2/c1-3-14-13(15(18)19)8-12(9(2)17-14)10-5-4-6-11(16)7-10/h4-8H,3H2,1-2H3,(H,18,19). The molecule has 0 bridgehead atoms. The van der Waals surface area contributed by atoms with Crippen LogP contribution in [-0.2, 0) is 6.42 Å². The highest BCUT2D eigenvalue weighted by atomic mass is 19.1. The smallest absolute Gasteiger partial charge is 0.337 e. The Bertz CT molecular complexity index is 638. The molecule has 0 fully saturated rings. The summed E-state index contributed by atoms with van der Waals surface area (Å²) in [7, 11) is 0. The molecule has 3 nitrogen and oxygen atoms in total. The summed E-state index contributed by atoms with van der Waals surface area (Å²) < 4.78 is 13.3. The van der Waals surface area contributed by atoms with Gasteiger partial charge in [0, 0.05) is 11.3 Å². The van der Waals surface area contributed by atoms with Crippen LogP contribution in [0.3, 0.4) is 0 Å². The number of aromatic carboxylic acids is 1. The Hall–Kier alpha value is -2.23. The van der Waals surface area contributed by atoms with E-state index in [0.29, 0.717) is 28.9 Å². The summed E-state index contributed by atoms with van der Waals surface area (Å²) >= 11 is 0. The van der Waals surface area contributed by atoms with E-state index in [0.717, 1.165) is 0 Å². The molecule has 98 valence electrons. The van der Waals surface area contributed by atoms with Gasteiger partial charge in [-0.2, -0.15) is 0 Å². The topological polar surface area (TPSA) is 50.2 Å². The molecule has 1 heterocycles. The van der Waals surface area contributed by atoms with Crippen molar-refractivity contribution in [2.75, 3.05) is 0 Å². The van der Waals surface area contributed by atoms with Gasteiger partial charge < -0.3 is 5.11 Å². The third-order valence-electron chi connectivity index (χ3n) is 2.99. The second kappa shape index (κ2) is 5.18. The number of pyridine rings is 1. The number of aryl methyl sites for hydroxylation is 2. The molecule has 0 unspecified atom stereocenters. The molecule has 4 heteroatoms. The van der Waals surface area contributed by atoms with E-state index in [1.807, 2.05) is 6.92 Å². The molecule has 1 aromatic carbocycles. The molecule has 1 aromatic heterocycles. The van der Waals surface area contributed by atoms with E-state index in [-0.39, 0.29) is 11.4 Å². The van der Waals surface area contributed by atoms with Crippen LogP contribution in [0.4, 0.5) is 4.39 Å². The van der Waals surface area contributed by atoms with Crippen LogP contribution in [0.2, 0.25) is 0 Å². The molecule has 19 heavy (non-hydrogen) atoms. The van der Waals surface area contributed by atoms with Crippen LogP contribution in [0, 0.1) is 12.7 Å². The van der Waals surface area contributed by atoms with Crippen LogP contribution in [0.15, 0.2) is 30.3 Å². The second-order valence-electron chi connectivity index (χ2n) is 4.28. The zero-order chi connectivity index (χ0) is 14.0. The van der Waals surface area contributed by atoms with Gasteiger partial charge in [0.15, 0.2) is 0 Å². The Morgan fingerprint density at radius 1 is 1.37 bits per heavy atom. The molecular formula is C15H14FNO2. The van der Waals surface area contributed by atoms with E-state index in [4.69, 9.17) is 0 Å². The van der Waals surface area contributed by atoms with E-state index < -0.39 is 5.97 Å². The van der Waals surface area contributed by atoms with Crippen LogP contribution < -0.4 is 0 Å². The summed E-state index contributed by atoms with van der Waals surface area (Å²) in [6.07, 6.45) is 0.548. The number of rotatable bonds is 3. The van der Waals surface area contributed by atoms with Crippen molar-refractivity contribution in [1.82, 2.24) is 4.98 Å². The quantitative estimate of drug-likeness (QED) is 0.918. The zero-order valence-corrected chi connectivity index (χ0v) is 10.8. The van der Waals surface area contributed by atoms with Crippen LogP contribution in [0.5, 0.6) is 0 Å². The average Bonchev–Trinajstić information content (AvgIpc) is 2.37. The average molecular weight is 259 g/mol. The number of aromatic nitrogens is 1. The van der Waals surface area contributed by atoms with Crippen LogP contribution in [0.1, 0.15) is 28.7 Å². The normalized spacial score (nSPS) is 10.5. The Labute approximate surface area is 110 Å². The zero-order valence-electron chi connectivity index (χ0n) is 10.8. The van der Waals surface area contributed by atoms with Crippen molar-refractivity contribution >= 4 is 5.97 Å². The SMILES string of the molecule is CCc1nc(C)c(-c2cccc(F)c2)cc1C(=O)O.